The second-order valence-corrected chi connectivity index (χ2v) is 4.98. The summed E-state index contributed by atoms with van der Waals surface area (Å²) in [5.74, 6) is 0.418. The molecule has 0 aromatic carbocycles. The summed E-state index contributed by atoms with van der Waals surface area (Å²) >= 11 is 0. The van der Waals surface area contributed by atoms with Gasteiger partial charge >= 0.3 is 6.18 Å². The van der Waals surface area contributed by atoms with Crippen LogP contribution in [0.5, 0.6) is 0 Å². The first-order valence-corrected chi connectivity index (χ1v) is 6.21. The summed E-state index contributed by atoms with van der Waals surface area (Å²) in [7, 11) is 0. The van der Waals surface area contributed by atoms with Crippen LogP contribution in [0.4, 0.5) is 13.2 Å². The summed E-state index contributed by atoms with van der Waals surface area (Å²) in [5.41, 5.74) is 7.08. The second kappa shape index (κ2) is 4.57. The van der Waals surface area contributed by atoms with Gasteiger partial charge in [0, 0.05) is 11.7 Å². The Balaban J connectivity index is 2.51. The number of alkyl halides is 3. The lowest BCUT2D eigenvalue weighted by Crippen LogP contribution is -2.41. The Labute approximate surface area is 104 Å². The molecule has 1 aliphatic rings. The highest BCUT2D eigenvalue weighted by molar-refractivity contribution is 5.21. The Morgan fingerprint density at radius 3 is 2.44 bits per heavy atom. The molecule has 2 N–H and O–H groups in total. The molecule has 1 aromatic rings. The number of imidazole rings is 1. The van der Waals surface area contributed by atoms with Crippen LogP contribution < -0.4 is 5.73 Å². The van der Waals surface area contributed by atoms with Crippen LogP contribution in [0.3, 0.4) is 0 Å². The third-order valence-electron chi connectivity index (χ3n) is 3.46. The highest BCUT2D eigenvalue weighted by atomic mass is 19.4. The Hall–Kier alpha value is -1.04. The van der Waals surface area contributed by atoms with Gasteiger partial charge in [0.15, 0.2) is 0 Å². The van der Waals surface area contributed by atoms with E-state index >= 15 is 0 Å². The van der Waals surface area contributed by atoms with Crippen molar-refractivity contribution in [2.75, 3.05) is 0 Å². The molecule has 0 saturated heterocycles. The predicted octanol–water partition coefficient (Wildman–Crippen LogP) is 2.52. The molecule has 0 fully saturated rings. The smallest absolute Gasteiger partial charge is 0.326 e. The van der Waals surface area contributed by atoms with Crippen LogP contribution in [-0.2, 0) is 12.8 Å². The molecule has 1 heterocycles. The van der Waals surface area contributed by atoms with Crippen LogP contribution in [-0.4, -0.2) is 21.8 Å². The number of hydrogen-bond donors (Lipinski definition) is 1. The predicted molar refractivity (Wildman–Crippen MR) is 62.3 cm³/mol. The molecule has 0 amide bonds. The van der Waals surface area contributed by atoms with E-state index in [2.05, 4.69) is 4.98 Å². The maximum absolute atomic E-state index is 13.2. The van der Waals surface area contributed by atoms with Gasteiger partial charge in [-0.1, -0.05) is 0 Å². The number of halogens is 3. The summed E-state index contributed by atoms with van der Waals surface area (Å²) in [5, 5.41) is 0. The van der Waals surface area contributed by atoms with Crippen LogP contribution >= 0.6 is 0 Å². The monoisotopic (exact) mass is 261 g/mol. The zero-order valence-corrected chi connectivity index (χ0v) is 10.6. The summed E-state index contributed by atoms with van der Waals surface area (Å²) < 4.78 is 40.8. The molecular formula is C12H18F3N3. The summed E-state index contributed by atoms with van der Waals surface area (Å²) in [6, 6.07) is -2.66. The molecule has 2 rings (SSSR count). The first-order valence-electron chi connectivity index (χ1n) is 6.21. The third kappa shape index (κ3) is 2.25. The van der Waals surface area contributed by atoms with Gasteiger partial charge in [0.1, 0.15) is 11.9 Å². The average molecular weight is 261 g/mol. The quantitative estimate of drug-likeness (QED) is 0.889. The van der Waals surface area contributed by atoms with Gasteiger partial charge in [0.25, 0.3) is 0 Å². The van der Waals surface area contributed by atoms with Crippen LogP contribution in [0.1, 0.15) is 43.0 Å². The minimum atomic E-state index is -4.34. The first-order chi connectivity index (χ1) is 8.32. The molecule has 0 aliphatic heterocycles. The summed E-state index contributed by atoms with van der Waals surface area (Å²) in [6.07, 6.45) is -0.993. The van der Waals surface area contributed by atoms with E-state index < -0.39 is 18.3 Å². The Kier molecular flexibility index (Phi) is 3.40. The van der Waals surface area contributed by atoms with Gasteiger partial charge in [-0.25, -0.2) is 4.98 Å². The van der Waals surface area contributed by atoms with Crippen LogP contribution in [0, 0.1) is 6.92 Å². The topological polar surface area (TPSA) is 43.8 Å². The standard InChI is InChI=1S/C12H18F3N3/c1-7(16)11(12(13,14)15)18-8(2)17-9-5-3-4-6-10(9)18/h7,11H,3-6,16H2,1-2H3. The fraction of sp³-hybridized carbons (Fsp3) is 0.750. The lowest BCUT2D eigenvalue weighted by Gasteiger charge is -2.28. The van der Waals surface area contributed by atoms with Gasteiger partial charge in [-0.2, -0.15) is 13.2 Å². The fourth-order valence-electron chi connectivity index (χ4n) is 2.75. The molecule has 0 radical (unpaired) electrons. The normalized spacial score (nSPS) is 19.4. The van der Waals surface area contributed by atoms with E-state index in [0.29, 0.717) is 12.2 Å². The zero-order valence-electron chi connectivity index (χ0n) is 10.6. The number of hydrogen-bond acceptors (Lipinski definition) is 2. The molecule has 18 heavy (non-hydrogen) atoms. The van der Waals surface area contributed by atoms with Crippen LogP contribution in [0.2, 0.25) is 0 Å². The number of fused-ring (bicyclic) bond motifs is 1. The minimum Gasteiger partial charge on any atom is -0.326 e. The van der Waals surface area contributed by atoms with E-state index in [-0.39, 0.29) is 0 Å². The molecule has 6 heteroatoms. The second-order valence-electron chi connectivity index (χ2n) is 4.98. The molecule has 0 spiro atoms. The molecule has 1 aliphatic carbocycles. The molecule has 2 atom stereocenters. The van der Waals surface area contributed by atoms with E-state index in [9.17, 15) is 13.2 Å². The van der Waals surface area contributed by atoms with Crippen molar-refractivity contribution in [2.24, 2.45) is 5.73 Å². The number of nitrogens with zero attached hydrogens (tertiary/aromatic N) is 2. The third-order valence-corrected chi connectivity index (χ3v) is 3.46. The number of nitrogens with two attached hydrogens (primary N) is 1. The van der Waals surface area contributed by atoms with Crippen molar-refractivity contribution in [3.05, 3.63) is 17.2 Å². The van der Waals surface area contributed by atoms with E-state index in [4.69, 9.17) is 5.73 Å². The van der Waals surface area contributed by atoms with E-state index in [0.717, 1.165) is 30.7 Å². The van der Waals surface area contributed by atoms with Crippen LogP contribution in [0.25, 0.3) is 0 Å². The molecule has 2 unspecified atom stereocenters. The van der Waals surface area contributed by atoms with Gasteiger partial charge < -0.3 is 10.3 Å². The Bertz CT molecular complexity index is 435. The van der Waals surface area contributed by atoms with Crippen molar-refractivity contribution in [3.8, 4) is 0 Å². The first kappa shape index (κ1) is 13.4. The number of aryl methyl sites for hydroxylation is 2. The molecule has 1 aromatic heterocycles. The maximum Gasteiger partial charge on any atom is 0.410 e. The van der Waals surface area contributed by atoms with Gasteiger partial charge in [0.2, 0.25) is 0 Å². The Morgan fingerprint density at radius 1 is 1.28 bits per heavy atom. The highest BCUT2D eigenvalue weighted by Gasteiger charge is 2.45. The number of rotatable bonds is 2. The minimum absolute atomic E-state index is 0.418. The number of aromatic nitrogens is 2. The van der Waals surface area contributed by atoms with Crippen molar-refractivity contribution < 1.29 is 13.2 Å². The van der Waals surface area contributed by atoms with Crippen molar-refractivity contribution in [3.63, 3.8) is 0 Å². The summed E-state index contributed by atoms with van der Waals surface area (Å²) in [6.45, 7) is 3.02. The highest BCUT2D eigenvalue weighted by Crippen LogP contribution is 2.36. The largest absolute Gasteiger partial charge is 0.410 e. The van der Waals surface area contributed by atoms with Gasteiger partial charge in [-0.15, -0.1) is 0 Å². The van der Waals surface area contributed by atoms with Crippen molar-refractivity contribution in [1.29, 1.82) is 0 Å². The van der Waals surface area contributed by atoms with Gasteiger partial charge in [0.05, 0.1) is 5.69 Å². The summed E-state index contributed by atoms with van der Waals surface area (Å²) in [4.78, 5) is 4.28. The van der Waals surface area contributed by atoms with E-state index in [1.54, 1.807) is 6.92 Å². The molecule has 3 nitrogen and oxygen atoms in total. The van der Waals surface area contributed by atoms with Crippen molar-refractivity contribution in [2.45, 2.75) is 57.8 Å². The maximum atomic E-state index is 13.2. The average Bonchev–Trinajstić information content (AvgIpc) is 2.54. The lowest BCUT2D eigenvalue weighted by molar-refractivity contribution is -0.172. The van der Waals surface area contributed by atoms with Gasteiger partial charge in [-0.3, -0.25) is 0 Å². The Morgan fingerprint density at radius 2 is 1.89 bits per heavy atom. The molecule has 0 saturated carbocycles. The fourth-order valence-corrected chi connectivity index (χ4v) is 2.75. The van der Waals surface area contributed by atoms with Crippen molar-refractivity contribution >= 4 is 0 Å². The molecule has 0 bridgehead atoms. The molecule has 102 valence electrons. The van der Waals surface area contributed by atoms with Crippen molar-refractivity contribution in [1.82, 2.24) is 9.55 Å². The van der Waals surface area contributed by atoms with E-state index in [1.807, 2.05) is 0 Å². The molecular weight excluding hydrogens is 243 g/mol. The van der Waals surface area contributed by atoms with Crippen LogP contribution in [0.15, 0.2) is 0 Å². The lowest BCUT2D eigenvalue weighted by atomic mass is 10.00. The zero-order chi connectivity index (χ0) is 13.5. The SMILES string of the molecule is Cc1nc2c(n1C(C(C)N)C(F)(F)F)CCCC2. The van der Waals surface area contributed by atoms with E-state index in [1.165, 1.54) is 11.5 Å². The van der Waals surface area contributed by atoms with Gasteiger partial charge in [-0.05, 0) is 39.5 Å².